The van der Waals surface area contributed by atoms with Gasteiger partial charge in [-0.2, -0.15) is 0 Å². The molecule has 1 atom stereocenters. The van der Waals surface area contributed by atoms with Crippen LogP contribution in [0.5, 0.6) is 0 Å². The van der Waals surface area contributed by atoms with E-state index < -0.39 is 0 Å². The largest absolute Gasteiger partial charge is 0.306 e. The van der Waals surface area contributed by atoms with Gasteiger partial charge in [0.25, 0.3) is 0 Å². The molecule has 0 aromatic heterocycles. The molecule has 1 aromatic rings. The molecule has 0 spiro atoms. The van der Waals surface area contributed by atoms with Gasteiger partial charge in [0.2, 0.25) is 0 Å². The molecule has 1 aliphatic rings. The molecular weight excluding hydrogens is 210 g/mol. The van der Waals surface area contributed by atoms with Crippen LogP contribution in [0.2, 0.25) is 12.6 Å². The molecule has 2 heteroatoms. The van der Waals surface area contributed by atoms with E-state index in [0.29, 0.717) is 0 Å². The standard InChI is InChI=1S/C14H22NSi/c1-15-10-6-7-13(11-15)12-16(2)14-8-4-3-5-9-14/h3-5,8-9,13H,6-7,10-12H2,1-2H3. The van der Waals surface area contributed by atoms with Gasteiger partial charge in [0.05, 0.1) is 8.80 Å². The van der Waals surface area contributed by atoms with E-state index in [4.69, 9.17) is 0 Å². The Bertz CT molecular complexity index is 312. The molecule has 0 aliphatic carbocycles. The van der Waals surface area contributed by atoms with E-state index in [1.165, 1.54) is 32.0 Å². The van der Waals surface area contributed by atoms with Gasteiger partial charge in [-0.05, 0) is 32.4 Å². The fourth-order valence-electron chi connectivity index (χ4n) is 2.71. The number of piperidine rings is 1. The summed E-state index contributed by atoms with van der Waals surface area (Å²) in [6.07, 6.45) is 2.84. The Balaban J connectivity index is 1.89. The first-order valence-corrected chi connectivity index (χ1v) is 8.53. The van der Waals surface area contributed by atoms with Crippen molar-refractivity contribution in [2.24, 2.45) is 5.92 Å². The van der Waals surface area contributed by atoms with Crippen molar-refractivity contribution in [1.82, 2.24) is 4.90 Å². The molecule has 0 amide bonds. The minimum atomic E-state index is -0.316. The summed E-state index contributed by atoms with van der Waals surface area (Å²) in [5.74, 6) is 0.942. The number of nitrogens with zero attached hydrogens (tertiary/aromatic N) is 1. The highest BCUT2D eigenvalue weighted by Crippen LogP contribution is 2.20. The lowest BCUT2D eigenvalue weighted by molar-refractivity contribution is 0.221. The van der Waals surface area contributed by atoms with Crippen LogP contribution < -0.4 is 5.19 Å². The van der Waals surface area contributed by atoms with Gasteiger partial charge in [0.1, 0.15) is 0 Å². The zero-order chi connectivity index (χ0) is 11.4. The summed E-state index contributed by atoms with van der Waals surface area (Å²) in [6, 6.07) is 12.5. The first-order chi connectivity index (χ1) is 7.75. The SMILES string of the molecule is CN1CCCC(C[Si](C)c2ccccc2)C1. The minimum absolute atomic E-state index is 0.316. The Hall–Kier alpha value is -0.603. The maximum Gasteiger partial charge on any atom is 0.0827 e. The van der Waals surface area contributed by atoms with Gasteiger partial charge in [0, 0.05) is 6.54 Å². The lowest BCUT2D eigenvalue weighted by Gasteiger charge is -2.31. The van der Waals surface area contributed by atoms with Crippen molar-refractivity contribution in [3.05, 3.63) is 30.3 Å². The van der Waals surface area contributed by atoms with E-state index >= 15 is 0 Å². The molecule has 1 aromatic carbocycles. The highest BCUT2D eigenvalue weighted by Gasteiger charge is 2.20. The topological polar surface area (TPSA) is 3.24 Å². The summed E-state index contributed by atoms with van der Waals surface area (Å²) >= 11 is 0. The Kier molecular flexibility index (Phi) is 4.19. The molecule has 1 radical (unpaired) electrons. The summed E-state index contributed by atoms with van der Waals surface area (Å²) in [7, 11) is 1.94. The zero-order valence-electron chi connectivity index (χ0n) is 10.4. The van der Waals surface area contributed by atoms with Gasteiger partial charge >= 0.3 is 0 Å². The number of rotatable bonds is 3. The van der Waals surface area contributed by atoms with Crippen LogP contribution in [0.3, 0.4) is 0 Å². The van der Waals surface area contributed by atoms with Crippen LogP contribution >= 0.6 is 0 Å². The smallest absolute Gasteiger partial charge is 0.0827 e. The highest BCUT2D eigenvalue weighted by atomic mass is 28.3. The van der Waals surface area contributed by atoms with Crippen LogP contribution in [0.15, 0.2) is 30.3 Å². The van der Waals surface area contributed by atoms with Gasteiger partial charge in [-0.1, -0.05) is 48.1 Å². The number of benzene rings is 1. The summed E-state index contributed by atoms with van der Waals surface area (Å²) in [6.45, 7) is 5.08. The van der Waals surface area contributed by atoms with Gasteiger partial charge in [-0.15, -0.1) is 0 Å². The Morgan fingerprint density at radius 2 is 2.06 bits per heavy atom. The van der Waals surface area contributed by atoms with E-state index in [9.17, 15) is 0 Å². The molecule has 1 saturated heterocycles. The maximum atomic E-state index is 2.49. The first-order valence-electron chi connectivity index (χ1n) is 6.32. The maximum absolute atomic E-state index is 2.49. The third-order valence-electron chi connectivity index (χ3n) is 3.58. The molecule has 1 unspecified atom stereocenters. The molecule has 2 rings (SSSR count). The average Bonchev–Trinajstić information content (AvgIpc) is 2.30. The molecular formula is C14H22NSi. The summed E-state index contributed by atoms with van der Waals surface area (Å²) in [5.41, 5.74) is 0. The van der Waals surface area contributed by atoms with Crippen LogP contribution in [0.4, 0.5) is 0 Å². The molecule has 1 aliphatic heterocycles. The zero-order valence-corrected chi connectivity index (χ0v) is 11.4. The third-order valence-corrected chi connectivity index (χ3v) is 6.09. The van der Waals surface area contributed by atoms with E-state index in [1.54, 1.807) is 5.19 Å². The second-order valence-electron chi connectivity index (χ2n) is 5.12. The molecule has 1 fully saturated rings. The van der Waals surface area contributed by atoms with Crippen molar-refractivity contribution < 1.29 is 0 Å². The van der Waals surface area contributed by atoms with Crippen LogP contribution in [0, 0.1) is 5.92 Å². The molecule has 0 N–H and O–H groups in total. The monoisotopic (exact) mass is 232 g/mol. The van der Waals surface area contributed by atoms with E-state index in [1.807, 2.05) is 0 Å². The number of hydrogen-bond acceptors (Lipinski definition) is 1. The van der Waals surface area contributed by atoms with Gasteiger partial charge in [0.15, 0.2) is 0 Å². The van der Waals surface area contributed by atoms with Gasteiger partial charge in [-0.25, -0.2) is 0 Å². The fraction of sp³-hybridized carbons (Fsp3) is 0.571. The van der Waals surface area contributed by atoms with Gasteiger partial charge in [-0.3, -0.25) is 0 Å². The van der Waals surface area contributed by atoms with Crippen LogP contribution in [0.1, 0.15) is 12.8 Å². The summed E-state index contributed by atoms with van der Waals surface area (Å²) in [5, 5.41) is 1.60. The van der Waals surface area contributed by atoms with Crippen molar-refractivity contribution in [3.8, 4) is 0 Å². The van der Waals surface area contributed by atoms with Crippen molar-refractivity contribution in [2.75, 3.05) is 20.1 Å². The van der Waals surface area contributed by atoms with Crippen LogP contribution in [0.25, 0.3) is 0 Å². The second kappa shape index (κ2) is 5.64. The van der Waals surface area contributed by atoms with E-state index in [0.717, 1.165) is 5.92 Å². The minimum Gasteiger partial charge on any atom is -0.306 e. The molecule has 87 valence electrons. The van der Waals surface area contributed by atoms with Gasteiger partial charge < -0.3 is 4.90 Å². The Morgan fingerprint density at radius 3 is 2.75 bits per heavy atom. The molecule has 0 saturated carbocycles. The first kappa shape index (κ1) is 11.9. The predicted molar refractivity (Wildman–Crippen MR) is 72.7 cm³/mol. The summed E-state index contributed by atoms with van der Waals surface area (Å²) in [4.78, 5) is 2.49. The van der Waals surface area contributed by atoms with Crippen molar-refractivity contribution in [3.63, 3.8) is 0 Å². The van der Waals surface area contributed by atoms with Crippen molar-refractivity contribution in [1.29, 1.82) is 0 Å². The average molecular weight is 232 g/mol. The third kappa shape index (κ3) is 3.19. The predicted octanol–water partition coefficient (Wildman–Crippen LogP) is 2.36. The van der Waals surface area contributed by atoms with Crippen LogP contribution in [-0.4, -0.2) is 33.8 Å². The van der Waals surface area contributed by atoms with Crippen LogP contribution in [-0.2, 0) is 0 Å². The number of likely N-dealkylation sites (tertiary alicyclic amines) is 1. The lowest BCUT2D eigenvalue weighted by Crippen LogP contribution is -2.36. The molecule has 1 nitrogen and oxygen atoms in total. The molecule has 0 bridgehead atoms. The Labute approximate surface area is 101 Å². The normalized spacial score (nSPS) is 22.6. The fourth-order valence-corrected chi connectivity index (χ4v) is 4.91. The van der Waals surface area contributed by atoms with E-state index in [2.05, 4.69) is 48.8 Å². The van der Waals surface area contributed by atoms with E-state index in [-0.39, 0.29) is 8.80 Å². The van der Waals surface area contributed by atoms with Crippen molar-refractivity contribution in [2.45, 2.75) is 25.4 Å². The highest BCUT2D eigenvalue weighted by molar-refractivity contribution is 6.72. The quantitative estimate of drug-likeness (QED) is 0.723. The lowest BCUT2D eigenvalue weighted by atomic mass is 10.0. The molecule has 16 heavy (non-hydrogen) atoms. The number of hydrogen-bond donors (Lipinski definition) is 0. The second-order valence-corrected chi connectivity index (χ2v) is 7.67. The van der Waals surface area contributed by atoms with Crippen molar-refractivity contribution >= 4 is 14.0 Å². The summed E-state index contributed by atoms with van der Waals surface area (Å²) < 4.78 is 0. The molecule has 1 heterocycles. The Morgan fingerprint density at radius 1 is 1.31 bits per heavy atom.